The van der Waals surface area contributed by atoms with Crippen LogP contribution in [0.3, 0.4) is 0 Å². The van der Waals surface area contributed by atoms with E-state index in [4.69, 9.17) is 0 Å². The molecule has 4 rings (SSSR count). The second kappa shape index (κ2) is 6.19. The highest BCUT2D eigenvalue weighted by Crippen LogP contribution is 2.38. The summed E-state index contributed by atoms with van der Waals surface area (Å²) >= 11 is 0. The van der Waals surface area contributed by atoms with E-state index in [0.717, 1.165) is 19.3 Å². The van der Waals surface area contributed by atoms with Crippen LogP contribution in [0, 0.1) is 0 Å². The van der Waals surface area contributed by atoms with Crippen molar-refractivity contribution in [3.05, 3.63) is 36.8 Å². The topological polar surface area (TPSA) is 101 Å². The Morgan fingerprint density at radius 2 is 2.24 bits per heavy atom. The number of carbonyl (C=O) groups is 2. The first-order chi connectivity index (χ1) is 12.1. The summed E-state index contributed by atoms with van der Waals surface area (Å²) in [5, 5.41) is 13.1. The van der Waals surface area contributed by atoms with E-state index >= 15 is 0 Å². The zero-order valence-corrected chi connectivity index (χ0v) is 13.7. The number of carbonyl (C=O) groups excluding carboxylic acids is 2. The fraction of sp³-hybridized carbons (Fsp3) is 0.412. The number of hydrogen-bond acceptors (Lipinski definition) is 4. The van der Waals surface area contributed by atoms with E-state index in [9.17, 15) is 9.59 Å². The molecule has 130 valence electrons. The molecule has 1 atom stereocenters. The number of nitrogens with one attached hydrogen (secondary N) is 3. The summed E-state index contributed by atoms with van der Waals surface area (Å²) in [7, 11) is 0. The quantitative estimate of drug-likeness (QED) is 0.790. The molecule has 8 nitrogen and oxygen atoms in total. The van der Waals surface area contributed by atoms with Crippen LogP contribution in [0.1, 0.15) is 32.1 Å². The van der Waals surface area contributed by atoms with Crippen LogP contribution in [-0.4, -0.2) is 38.3 Å². The molecular formula is C17H20N6O2. The van der Waals surface area contributed by atoms with Crippen molar-refractivity contribution in [1.82, 2.24) is 25.4 Å². The molecule has 1 aliphatic heterocycles. The predicted molar refractivity (Wildman–Crippen MR) is 91.3 cm³/mol. The molecule has 2 fully saturated rings. The number of rotatable bonds is 3. The van der Waals surface area contributed by atoms with Gasteiger partial charge in [0, 0.05) is 12.6 Å². The van der Waals surface area contributed by atoms with Crippen LogP contribution in [-0.2, 0) is 4.79 Å². The Morgan fingerprint density at radius 1 is 1.36 bits per heavy atom. The van der Waals surface area contributed by atoms with Gasteiger partial charge in [0.1, 0.15) is 0 Å². The average Bonchev–Trinajstić information content (AvgIpc) is 3.04. The predicted octanol–water partition coefficient (Wildman–Crippen LogP) is 1.59. The lowest BCUT2D eigenvalue weighted by Crippen LogP contribution is -2.68. The number of piperidine rings is 1. The minimum absolute atomic E-state index is 0.0372. The molecule has 2 aliphatic rings. The van der Waals surface area contributed by atoms with Crippen LogP contribution in [0.25, 0.3) is 5.82 Å². The zero-order chi connectivity index (χ0) is 17.3. The molecule has 1 saturated carbocycles. The highest BCUT2D eigenvalue weighted by molar-refractivity contribution is 5.89. The lowest BCUT2D eigenvalue weighted by Gasteiger charge is -2.50. The molecule has 0 radical (unpaired) electrons. The van der Waals surface area contributed by atoms with E-state index in [2.05, 4.69) is 26.0 Å². The molecule has 1 spiro atoms. The Kier molecular flexibility index (Phi) is 3.87. The maximum absolute atomic E-state index is 12.3. The maximum atomic E-state index is 12.3. The van der Waals surface area contributed by atoms with Crippen molar-refractivity contribution in [3.63, 3.8) is 0 Å². The van der Waals surface area contributed by atoms with Crippen LogP contribution in [0.2, 0.25) is 0 Å². The van der Waals surface area contributed by atoms with Gasteiger partial charge in [-0.3, -0.25) is 4.79 Å². The normalized spacial score (nSPS) is 21.3. The van der Waals surface area contributed by atoms with Gasteiger partial charge in [-0.15, -0.1) is 0 Å². The molecule has 25 heavy (non-hydrogen) atoms. The molecule has 3 heterocycles. The van der Waals surface area contributed by atoms with Gasteiger partial charge < -0.3 is 16.0 Å². The van der Waals surface area contributed by atoms with Crippen molar-refractivity contribution in [2.24, 2.45) is 0 Å². The second-order valence-electron chi connectivity index (χ2n) is 6.61. The molecule has 1 unspecified atom stereocenters. The Labute approximate surface area is 145 Å². The minimum atomic E-state index is -0.284. The van der Waals surface area contributed by atoms with Gasteiger partial charge >= 0.3 is 6.03 Å². The number of nitrogens with zero attached hydrogens (tertiary/aromatic N) is 3. The van der Waals surface area contributed by atoms with Crippen LogP contribution in [0.5, 0.6) is 0 Å². The molecule has 3 amide bonds. The fourth-order valence-electron chi connectivity index (χ4n) is 3.55. The summed E-state index contributed by atoms with van der Waals surface area (Å²) in [6.07, 6.45) is 9.02. The van der Waals surface area contributed by atoms with Gasteiger partial charge in [0.2, 0.25) is 5.91 Å². The van der Waals surface area contributed by atoms with Crippen molar-refractivity contribution in [2.75, 3.05) is 5.32 Å². The van der Waals surface area contributed by atoms with Crippen molar-refractivity contribution in [2.45, 2.75) is 43.7 Å². The maximum Gasteiger partial charge on any atom is 0.319 e. The smallest absolute Gasteiger partial charge is 0.319 e. The highest BCUT2D eigenvalue weighted by Gasteiger charge is 2.48. The summed E-state index contributed by atoms with van der Waals surface area (Å²) in [5.41, 5.74) is 0.329. The number of aromatic nitrogens is 3. The zero-order valence-electron chi connectivity index (χ0n) is 13.7. The first-order valence-electron chi connectivity index (χ1n) is 8.49. The van der Waals surface area contributed by atoms with E-state index in [1.807, 2.05) is 18.2 Å². The second-order valence-corrected chi connectivity index (χ2v) is 6.61. The average molecular weight is 340 g/mol. The van der Waals surface area contributed by atoms with Crippen molar-refractivity contribution in [3.8, 4) is 5.82 Å². The molecule has 1 saturated heterocycles. The molecule has 8 heteroatoms. The number of amides is 3. The van der Waals surface area contributed by atoms with Gasteiger partial charge in [-0.05, 0) is 37.8 Å². The van der Waals surface area contributed by atoms with E-state index in [-0.39, 0.29) is 23.5 Å². The summed E-state index contributed by atoms with van der Waals surface area (Å²) in [6.45, 7) is 0. The fourth-order valence-corrected chi connectivity index (χ4v) is 3.55. The molecule has 0 bridgehead atoms. The van der Waals surface area contributed by atoms with E-state index in [1.54, 1.807) is 23.3 Å². The summed E-state index contributed by atoms with van der Waals surface area (Å²) in [5.74, 6) is 0.758. The molecule has 2 aromatic rings. The van der Waals surface area contributed by atoms with Crippen LogP contribution in [0.4, 0.5) is 10.5 Å². The molecule has 2 aromatic heterocycles. The van der Waals surface area contributed by atoms with Gasteiger partial charge in [-0.2, -0.15) is 5.10 Å². The summed E-state index contributed by atoms with van der Waals surface area (Å²) in [6, 6.07) is 5.22. The summed E-state index contributed by atoms with van der Waals surface area (Å²) in [4.78, 5) is 28.2. The Balaban J connectivity index is 1.39. The number of urea groups is 1. The molecule has 1 aliphatic carbocycles. The van der Waals surface area contributed by atoms with E-state index < -0.39 is 0 Å². The number of anilines is 1. The van der Waals surface area contributed by atoms with E-state index in [0.29, 0.717) is 24.3 Å². The number of pyridine rings is 1. The SMILES string of the molecule is O=C1CCC(NC(=O)Nc2cnn(-c3ccccn3)c2)C2(CCC2)N1. The summed E-state index contributed by atoms with van der Waals surface area (Å²) < 4.78 is 1.60. The monoisotopic (exact) mass is 340 g/mol. The lowest BCUT2D eigenvalue weighted by atomic mass is 9.68. The standard InChI is InChI=1S/C17H20N6O2/c24-15-6-5-13(17(22-15)7-3-8-17)21-16(25)20-12-10-19-23(11-12)14-4-1-2-9-18-14/h1-2,4,9-11,13H,3,5-8H2,(H,22,24)(H2,20,21,25). The van der Waals surface area contributed by atoms with Gasteiger partial charge in [-0.25, -0.2) is 14.5 Å². The van der Waals surface area contributed by atoms with Gasteiger partial charge in [-0.1, -0.05) is 6.07 Å². The van der Waals surface area contributed by atoms with Crippen molar-refractivity contribution in [1.29, 1.82) is 0 Å². The Hall–Kier alpha value is -2.90. The van der Waals surface area contributed by atoms with Gasteiger partial charge in [0.05, 0.1) is 29.7 Å². The van der Waals surface area contributed by atoms with Crippen molar-refractivity contribution < 1.29 is 9.59 Å². The first kappa shape index (κ1) is 15.6. The third kappa shape index (κ3) is 3.07. The van der Waals surface area contributed by atoms with Crippen molar-refractivity contribution >= 4 is 17.6 Å². The van der Waals surface area contributed by atoms with Crippen LogP contribution < -0.4 is 16.0 Å². The molecule has 0 aromatic carbocycles. The van der Waals surface area contributed by atoms with Crippen LogP contribution >= 0.6 is 0 Å². The third-order valence-corrected chi connectivity index (χ3v) is 4.99. The lowest BCUT2D eigenvalue weighted by molar-refractivity contribution is -0.127. The minimum Gasteiger partial charge on any atom is -0.349 e. The van der Waals surface area contributed by atoms with Crippen LogP contribution in [0.15, 0.2) is 36.8 Å². The Bertz CT molecular complexity index is 783. The Morgan fingerprint density at radius 3 is 2.96 bits per heavy atom. The van der Waals surface area contributed by atoms with Gasteiger partial charge in [0.25, 0.3) is 0 Å². The third-order valence-electron chi connectivity index (χ3n) is 4.99. The van der Waals surface area contributed by atoms with Gasteiger partial charge in [0.15, 0.2) is 5.82 Å². The highest BCUT2D eigenvalue weighted by atomic mass is 16.2. The molecular weight excluding hydrogens is 320 g/mol. The van der Waals surface area contributed by atoms with E-state index in [1.165, 1.54) is 0 Å². The molecule has 3 N–H and O–H groups in total. The largest absolute Gasteiger partial charge is 0.349 e. The number of hydrogen-bond donors (Lipinski definition) is 3. The first-order valence-corrected chi connectivity index (χ1v) is 8.49.